The van der Waals surface area contributed by atoms with E-state index in [4.69, 9.17) is 14.9 Å². The summed E-state index contributed by atoms with van der Waals surface area (Å²) in [5.74, 6) is 0.695. The van der Waals surface area contributed by atoms with Gasteiger partial charge in [-0.1, -0.05) is 140 Å². The molecule has 0 amide bonds. The monoisotopic (exact) mass is 708 g/mol. The van der Waals surface area contributed by atoms with Crippen LogP contribution in [0.2, 0.25) is 0 Å². The number of nitrogens with zero attached hydrogens (tertiary/aromatic N) is 1. The molecule has 1 heterocycles. The van der Waals surface area contributed by atoms with Crippen LogP contribution in [-0.4, -0.2) is 0 Å². The van der Waals surface area contributed by atoms with E-state index in [1.54, 1.807) is 0 Å². The molecule has 0 unspecified atom stereocenters. The van der Waals surface area contributed by atoms with Crippen molar-refractivity contribution in [2.24, 2.45) is 0 Å². The second-order valence-corrected chi connectivity index (χ2v) is 13.9. The molecule has 4 heteroatoms. The predicted molar refractivity (Wildman–Crippen MR) is 229 cm³/mol. The number of fused-ring (bicyclic) bond motifs is 6. The summed E-state index contributed by atoms with van der Waals surface area (Å²) in [6, 6.07) is 68.0. The summed E-state index contributed by atoms with van der Waals surface area (Å²) in [6.07, 6.45) is 0. The van der Waals surface area contributed by atoms with Crippen LogP contribution in [0.4, 0.5) is 22.7 Å². The van der Waals surface area contributed by atoms with E-state index in [9.17, 15) is 0 Å². The molecule has 55 heavy (non-hydrogen) atoms. The van der Waals surface area contributed by atoms with Crippen molar-refractivity contribution < 1.29 is 9.15 Å². The number of hydrogen-bond donors (Lipinski definition) is 1. The third-order valence-corrected chi connectivity index (χ3v) is 10.5. The topological polar surface area (TPSA) is 51.6 Å². The van der Waals surface area contributed by atoms with Gasteiger partial charge >= 0.3 is 0 Å². The first kappa shape index (κ1) is 32.4. The Balaban J connectivity index is 1.19. The molecular formula is C51H36N2O2. The van der Waals surface area contributed by atoms with Crippen molar-refractivity contribution in [2.75, 3.05) is 10.6 Å². The van der Waals surface area contributed by atoms with Crippen LogP contribution in [0.25, 0.3) is 65.7 Å². The number of hydrogen-bond acceptors (Lipinski definition) is 4. The molecule has 4 nitrogen and oxygen atoms in total. The van der Waals surface area contributed by atoms with Crippen molar-refractivity contribution in [3.63, 3.8) is 0 Å². The molecule has 0 radical (unpaired) electrons. The highest BCUT2D eigenvalue weighted by Crippen LogP contribution is 2.46. The minimum atomic E-state index is 0.417. The fraction of sp³-hybridized carbons (Fsp3) is 0.0196. The normalized spacial score (nSPS) is 11.4. The van der Waals surface area contributed by atoms with E-state index in [1.807, 2.05) is 36.4 Å². The summed E-state index contributed by atoms with van der Waals surface area (Å²) in [4.78, 5) is 2.36. The van der Waals surface area contributed by atoms with E-state index in [1.165, 1.54) is 11.1 Å². The first-order chi connectivity index (χ1) is 27.2. The summed E-state index contributed by atoms with van der Waals surface area (Å²) in [5.41, 5.74) is 17.8. The van der Waals surface area contributed by atoms with E-state index in [2.05, 4.69) is 163 Å². The lowest BCUT2D eigenvalue weighted by atomic mass is 9.96. The average Bonchev–Trinajstić information content (AvgIpc) is 3.62. The molecule has 0 atom stereocenters. The number of nitrogen functional groups attached to an aromatic ring is 1. The highest BCUT2D eigenvalue weighted by molar-refractivity contribution is 6.14. The Morgan fingerprint density at radius 1 is 0.473 bits per heavy atom. The van der Waals surface area contributed by atoms with Gasteiger partial charge in [0.2, 0.25) is 0 Å². The predicted octanol–water partition coefficient (Wildman–Crippen LogP) is 13.9. The standard InChI is InChI=1S/C51H36N2O2/c52-46-28-25-37-23-22-36-24-26-40(31-44(36)50(37)51(46)54-33-34-12-3-1-4-13-34)53(41-27-29-49-45(32-41)43-19-8-10-21-48(43)55-49)47-20-9-7-18-42(47)39-17-11-16-38(30-39)35-14-5-2-6-15-35/h1-32H,33,52H2. The fourth-order valence-corrected chi connectivity index (χ4v) is 7.83. The van der Waals surface area contributed by atoms with Gasteiger partial charge in [0.25, 0.3) is 0 Å². The van der Waals surface area contributed by atoms with Gasteiger partial charge in [0, 0.05) is 33.1 Å². The summed E-state index contributed by atoms with van der Waals surface area (Å²) in [7, 11) is 0. The van der Waals surface area contributed by atoms with E-state index in [0.29, 0.717) is 18.0 Å². The maximum Gasteiger partial charge on any atom is 0.151 e. The zero-order valence-corrected chi connectivity index (χ0v) is 30.0. The van der Waals surface area contributed by atoms with Crippen LogP contribution in [0.15, 0.2) is 199 Å². The Morgan fingerprint density at radius 2 is 1.11 bits per heavy atom. The maximum atomic E-state index is 6.70. The molecule has 0 aliphatic heterocycles. The van der Waals surface area contributed by atoms with Crippen LogP contribution in [0.5, 0.6) is 5.75 Å². The molecule has 9 aromatic carbocycles. The highest BCUT2D eigenvalue weighted by Gasteiger charge is 2.21. The smallest absolute Gasteiger partial charge is 0.151 e. The van der Waals surface area contributed by atoms with Gasteiger partial charge < -0.3 is 19.8 Å². The van der Waals surface area contributed by atoms with E-state index < -0.39 is 0 Å². The third-order valence-electron chi connectivity index (χ3n) is 10.5. The molecule has 1 aromatic heterocycles. The summed E-state index contributed by atoms with van der Waals surface area (Å²) < 4.78 is 12.9. The first-order valence-electron chi connectivity index (χ1n) is 18.6. The van der Waals surface area contributed by atoms with E-state index in [-0.39, 0.29) is 0 Å². The van der Waals surface area contributed by atoms with E-state index >= 15 is 0 Å². The van der Waals surface area contributed by atoms with Gasteiger partial charge in [-0.15, -0.1) is 0 Å². The number of ether oxygens (including phenoxy) is 1. The van der Waals surface area contributed by atoms with Gasteiger partial charge in [-0.2, -0.15) is 0 Å². The van der Waals surface area contributed by atoms with Crippen molar-refractivity contribution in [1.29, 1.82) is 0 Å². The largest absolute Gasteiger partial charge is 0.486 e. The zero-order valence-electron chi connectivity index (χ0n) is 30.0. The van der Waals surface area contributed by atoms with Gasteiger partial charge in [-0.05, 0) is 93.0 Å². The average molecular weight is 709 g/mol. The van der Waals surface area contributed by atoms with Crippen molar-refractivity contribution in [3.05, 3.63) is 200 Å². The Morgan fingerprint density at radius 3 is 1.98 bits per heavy atom. The number of rotatable bonds is 8. The van der Waals surface area contributed by atoms with Gasteiger partial charge in [-0.3, -0.25) is 0 Å². The molecule has 0 aliphatic rings. The molecule has 0 saturated carbocycles. The van der Waals surface area contributed by atoms with Crippen LogP contribution >= 0.6 is 0 Å². The Kier molecular flexibility index (Phi) is 8.00. The highest BCUT2D eigenvalue weighted by atomic mass is 16.5. The number of furan rings is 1. The van der Waals surface area contributed by atoms with Crippen molar-refractivity contribution in [2.45, 2.75) is 6.61 Å². The lowest BCUT2D eigenvalue weighted by Gasteiger charge is -2.28. The Bertz CT molecular complexity index is 3010. The van der Waals surface area contributed by atoms with Gasteiger partial charge in [0.05, 0.1) is 11.4 Å². The fourth-order valence-electron chi connectivity index (χ4n) is 7.83. The molecule has 0 bridgehead atoms. The van der Waals surface area contributed by atoms with Crippen LogP contribution in [-0.2, 0) is 6.61 Å². The van der Waals surface area contributed by atoms with Crippen LogP contribution in [0.1, 0.15) is 5.56 Å². The molecule has 0 aliphatic carbocycles. The van der Waals surface area contributed by atoms with Gasteiger partial charge in [0.15, 0.2) is 5.75 Å². The molecule has 0 fully saturated rings. The van der Waals surface area contributed by atoms with Crippen molar-refractivity contribution >= 4 is 66.2 Å². The van der Waals surface area contributed by atoms with E-state index in [0.717, 1.165) is 77.2 Å². The quantitative estimate of drug-likeness (QED) is 0.126. The lowest BCUT2D eigenvalue weighted by Crippen LogP contribution is -2.11. The van der Waals surface area contributed by atoms with Crippen molar-refractivity contribution in [3.8, 4) is 28.0 Å². The minimum absolute atomic E-state index is 0.417. The summed E-state index contributed by atoms with van der Waals surface area (Å²) in [5, 5.41) is 6.38. The Hall–Kier alpha value is -7.30. The Labute approximate surface area is 319 Å². The van der Waals surface area contributed by atoms with Crippen LogP contribution in [0, 0.1) is 0 Å². The molecule has 0 spiro atoms. The number of anilines is 4. The second kappa shape index (κ2) is 13.6. The second-order valence-electron chi connectivity index (χ2n) is 13.9. The van der Waals surface area contributed by atoms with Gasteiger partial charge in [-0.25, -0.2) is 0 Å². The SMILES string of the molecule is Nc1ccc2ccc3ccc(N(c4ccc5oc6ccccc6c5c4)c4ccccc4-c4cccc(-c5ccccc5)c4)cc3c2c1OCc1ccccc1. The molecule has 10 aromatic rings. The molecule has 10 rings (SSSR count). The minimum Gasteiger partial charge on any atom is -0.486 e. The molecule has 2 N–H and O–H groups in total. The number of para-hydroxylation sites is 2. The zero-order chi connectivity index (χ0) is 36.7. The number of nitrogens with two attached hydrogens (primary N) is 1. The van der Waals surface area contributed by atoms with Crippen LogP contribution < -0.4 is 15.4 Å². The first-order valence-corrected chi connectivity index (χ1v) is 18.6. The summed E-state index contributed by atoms with van der Waals surface area (Å²) in [6.45, 7) is 0.417. The molecule has 262 valence electrons. The summed E-state index contributed by atoms with van der Waals surface area (Å²) >= 11 is 0. The number of benzene rings is 9. The third kappa shape index (κ3) is 5.91. The van der Waals surface area contributed by atoms with Crippen LogP contribution in [0.3, 0.4) is 0 Å². The van der Waals surface area contributed by atoms with Gasteiger partial charge in [0.1, 0.15) is 17.8 Å². The lowest BCUT2D eigenvalue weighted by molar-refractivity contribution is 0.312. The maximum absolute atomic E-state index is 6.70. The van der Waals surface area contributed by atoms with Crippen molar-refractivity contribution in [1.82, 2.24) is 0 Å². The molecular weight excluding hydrogens is 673 g/mol. The molecule has 0 saturated heterocycles.